The molecule has 0 aliphatic carbocycles. The second kappa shape index (κ2) is 8.20. The van der Waals surface area contributed by atoms with E-state index in [2.05, 4.69) is 10.4 Å². The van der Waals surface area contributed by atoms with Crippen molar-refractivity contribution < 1.29 is 38.3 Å². The van der Waals surface area contributed by atoms with Crippen molar-refractivity contribution >= 4 is 30.3 Å². The van der Waals surface area contributed by atoms with Gasteiger partial charge < -0.3 is 39.0 Å². The molecule has 0 aromatic carbocycles. The third kappa shape index (κ3) is 4.64. The van der Waals surface area contributed by atoms with Crippen molar-refractivity contribution in [3.05, 3.63) is 12.3 Å². The SMILES string of the molecule is CC(C)OC(=O)C(C)NP1(=S)OC[C@H]2O[C@@H](N3C=CC(=O)NC3O)[C@](C)(O)[C@@H]2O1. The van der Waals surface area contributed by atoms with E-state index in [9.17, 15) is 19.8 Å². The minimum Gasteiger partial charge on any atom is -0.462 e. The lowest BCUT2D eigenvalue weighted by molar-refractivity contribution is -0.171. The molecule has 7 atom stereocenters. The smallest absolute Gasteiger partial charge is 0.323 e. The molecule has 0 aromatic heterocycles. The van der Waals surface area contributed by atoms with Crippen molar-refractivity contribution in [2.75, 3.05) is 6.61 Å². The number of carbonyl (C=O) groups is 2. The molecule has 29 heavy (non-hydrogen) atoms. The van der Waals surface area contributed by atoms with Crippen LogP contribution >= 0.6 is 6.64 Å². The molecule has 0 spiro atoms. The van der Waals surface area contributed by atoms with E-state index >= 15 is 0 Å². The Kier molecular flexibility index (Phi) is 6.38. The number of nitrogens with one attached hydrogen (secondary N) is 2. The van der Waals surface area contributed by atoms with E-state index in [4.69, 9.17) is 30.3 Å². The number of ether oxygens (including phenoxy) is 2. The monoisotopic (exact) mass is 451 g/mol. The molecule has 0 aromatic rings. The number of nitrogens with zero attached hydrogens (tertiary/aromatic N) is 1. The van der Waals surface area contributed by atoms with E-state index in [1.807, 2.05) is 0 Å². The van der Waals surface area contributed by atoms with E-state index in [1.54, 1.807) is 20.8 Å². The van der Waals surface area contributed by atoms with E-state index in [1.165, 1.54) is 24.1 Å². The summed E-state index contributed by atoms with van der Waals surface area (Å²) in [5, 5.41) is 26.4. The van der Waals surface area contributed by atoms with Crippen LogP contribution in [-0.2, 0) is 39.9 Å². The summed E-state index contributed by atoms with van der Waals surface area (Å²) in [4.78, 5) is 24.7. The van der Waals surface area contributed by atoms with E-state index in [0.717, 1.165) is 0 Å². The lowest BCUT2D eigenvalue weighted by Crippen LogP contribution is -2.60. The highest BCUT2D eigenvalue weighted by Gasteiger charge is 2.60. The molecule has 0 bridgehead atoms. The van der Waals surface area contributed by atoms with Crippen LogP contribution in [0.1, 0.15) is 27.7 Å². The van der Waals surface area contributed by atoms with Gasteiger partial charge in [0, 0.05) is 12.3 Å². The summed E-state index contributed by atoms with van der Waals surface area (Å²) in [6, 6.07) is -0.773. The Bertz CT molecular complexity index is 748. The maximum atomic E-state index is 12.1. The summed E-state index contributed by atoms with van der Waals surface area (Å²) in [7, 11) is 0. The molecule has 3 aliphatic rings. The van der Waals surface area contributed by atoms with Gasteiger partial charge in [-0.25, -0.2) is 5.09 Å². The van der Waals surface area contributed by atoms with Crippen LogP contribution in [0, 0.1) is 0 Å². The van der Waals surface area contributed by atoms with Crippen molar-refractivity contribution in [2.24, 2.45) is 0 Å². The van der Waals surface area contributed by atoms with Gasteiger partial charge in [0.1, 0.15) is 23.9 Å². The first kappa shape index (κ1) is 22.6. The van der Waals surface area contributed by atoms with Crippen LogP contribution in [0.3, 0.4) is 0 Å². The number of aliphatic hydroxyl groups excluding tert-OH is 1. The largest absolute Gasteiger partial charge is 0.462 e. The minimum atomic E-state index is -3.13. The quantitative estimate of drug-likeness (QED) is 0.310. The Labute approximate surface area is 173 Å². The van der Waals surface area contributed by atoms with Gasteiger partial charge in [-0.3, -0.25) is 9.59 Å². The van der Waals surface area contributed by atoms with E-state index in [0.29, 0.717) is 0 Å². The molecule has 3 rings (SSSR count). The Balaban J connectivity index is 1.72. The Morgan fingerprint density at radius 1 is 1.52 bits per heavy atom. The normalized spacial score (nSPS) is 40.5. The fraction of sp³-hybridized carbons (Fsp3) is 0.750. The third-order valence-electron chi connectivity index (χ3n) is 4.66. The zero-order valence-electron chi connectivity index (χ0n) is 16.5. The number of aliphatic hydroxyl groups is 2. The van der Waals surface area contributed by atoms with Crippen LogP contribution in [0.25, 0.3) is 0 Å². The second-order valence-corrected chi connectivity index (χ2v) is 10.7. The number of hydrogen-bond donors (Lipinski definition) is 4. The Hall–Kier alpha value is -1.11. The molecule has 164 valence electrons. The predicted molar refractivity (Wildman–Crippen MR) is 103 cm³/mol. The molecule has 13 heteroatoms. The molecule has 3 aliphatic heterocycles. The molecular formula is C16H26N3O8PS. The summed E-state index contributed by atoms with van der Waals surface area (Å²) in [6.45, 7) is 3.43. The second-order valence-electron chi connectivity index (χ2n) is 7.55. The first-order valence-corrected chi connectivity index (χ1v) is 11.8. The number of amides is 1. The van der Waals surface area contributed by atoms with Crippen LogP contribution in [0.2, 0.25) is 0 Å². The van der Waals surface area contributed by atoms with Crippen molar-refractivity contribution in [2.45, 2.75) is 70.2 Å². The lowest BCUT2D eigenvalue weighted by Gasteiger charge is -2.41. The fourth-order valence-corrected chi connectivity index (χ4v) is 6.00. The topological polar surface area (TPSA) is 139 Å². The first-order chi connectivity index (χ1) is 13.4. The van der Waals surface area contributed by atoms with Crippen LogP contribution in [0.15, 0.2) is 12.3 Å². The molecule has 4 N–H and O–H groups in total. The first-order valence-electron chi connectivity index (χ1n) is 9.16. The van der Waals surface area contributed by atoms with Gasteiger partial charge in [0.25, 0.3) is 6.64 Å². The van der Waals surface area contributed by atoms with Gasteiger partial charge in [-0.15, -0.1) is 0 Å². The third-order valence-corrected chi connectivity index (χ3v) is 7.25. The summed E-state index contributed by atoms with van der Waals surface area (Å²) in [5.41, 5.74) is -1.60. The molecule has 0 saturated carbocycles. The molecule has 11 nitrogen and oxygen atoms in total. The number of fused-ring (bicyclic) bond motifs is 1. The molecule has 1 amide bonds. The van der Waals surface area contributed by atoms with Gasteiger partial charge in [0.05, 0.1) is 12.7 Å². The van der Waals surface area contributed by atoms with Crippen molar-refractivity contribution in [1.29, 1.82) is 0 Å². The minimum absolute atomic E-state index is 0.0214. The summed E-state index contributed by atoms with van der Waals surface area (Å²) >= 11 is 5.47. The number of hydrogen-bond acceptors (Lipinski definition) is 10. The highest BCUT2D eigenvalue weighted by atomic mass is 32.5. The molecule has 2 fully saturated rings. The standard InChI is InChI=1S/C16H26N3O8PS/c1-8(2)25-13(21)9(3)18-28(29)24-7-10-12(27-28)16(4,23)14(26-10)19-6-5-11(20)17-15(19)22/h5-6,8-10,12,14-15,22-23H,7H2,1-4H3,(H,17,20)(H,18,29)/t9?,10-,12-,14-,15?,16-,28?/m1/s1. The number of esters is 1. The van der Waals surface area contributed by atoms with Gasteiger partial charge in [-0.2, -0.15) is 0 Å². The average Bonchev–Trinajstić information content (AvgIpc) is 2.85. The van der Waals surface area contributed by atoms with Gasteiger partial charge in [-0.1, -0.05) is 0 Å². The number of carbonyl (C=O) groups excluding carboxylic acids is 2. The van der Waals surface area contributed by atoms with Gasteiger partial charge in [0.2, 0.25) is 12.3 Å². The zero-order valence-corrected chi connectivity index (χ0v) is 18.2. The highest BCUT2D eigenvalue weighted by Crippen LogP contribution is 2.54. The molecule has 0 radical (unpaired) electrons. The molecular weight excluding hydrogens is 425 g/mol. The maximum Gasteiger partial charge on any atom is 0.323 e. The maximum absolute atomic E-state index is 12.1. The fourth-order valence-electron chi connectivity index (χ4n) is 3.30. The van der Waals surface area contributed by atoms with Crippen molar-refractivity contribution in [1.82, 2.24) is 15.3 Å². The Morgan fingerprint density at radius 2 is 2.21 bits per heavy atom. The lowest BCUT2D eigenvalue weighted by atomic mass is 9.96. The zero-order chi connectivity index (χ0) is 21.6. The van der Waals surface area contributed by atoms with Crippen LogP contribution in [0.5, 0.6) is 0 Å². The van der Waals surface area contributed by atoms with Crippen molar-refractivity contribution in [3.8, 4) is 0 Å². The average molecular weight is 451 g/mol. The summed E-state index contributed by atoms with van der Waals surface area (Å²) in [6.07, 6.45) is -1.69. The molecule has 3 unspecified atom stereocenters. The van der Waals surface area contributed by atoms with Crippen LogP contribution in [-0.4, -0.2) is 76.1 Å². The molecule has 3 heterocycles. The van der Waals surface area contributed by atoms with E-state index in [-0.39, 0.29) is 12.7 Å². The van der Waals surface area contributed by atoms with Gasteiger partial charge >= 0.3 is 5.97 Å². The van der Waals surface area contributed by atoms with Crippen LogP contribution in [0.4, 0.5) is 0 Å². The highest BCUT2D eigenvalue weighted by molar-refractivity contribution is 8.09. The van der Waals surface area contributed by atoms with Gasteiger partial charge in [0.15, 0.2) is 6.23 Å². The van der Waals surface area contributed by atoms with Crippen molar-refractivity contribution in [3.63, 3.8) is 0 Å². The van der Waals surface area contributed by atoms with Crippen LogP contribution < -0.4 is 10.4 Å². The summed E-state index contributed by atoms with van der Waals surface area (Å²) in [5.74, 6) is -0.964. The molecule has 2 saturated heterocycles. The summed E-state index contributed by atoms with van der Waals surface area (Å²) < 4.78 is 22.6. The van der Waals surface area contributed by atoms with Gasteiger partial charge in [-0.05, 0) is 39.5 Å². The number of rotatable bonds is 5. The Morgan fingerprint density at radius 3 is 2.83 bits per heavy atom. The van der Waals surface area contributed by atoms with E-state index < -0.39 is 54.9 Å². The predicted octanol–water partition coefficient (Wildman–Crippen LogP) is -0.747.